The maximum Gasteiger partial charge on any atom is 0.224 e. The lowest BCUT2D eigenvalue weighted by Crippen LogP contribution is -2.37. The summed E-state index contributed by atoms with van der Waals surface area (Å²) in [6.07, 6.45) is 2.77. The van der Waals surface area contributed by atoms with Crippen LogP contribution in [0.15, 0.2) is 24.3 Å². The van der Waals surface area contributed by atoms with Crippen LogP contribution < -0.4 is 10.1 Å². The maximum atomic E-state index is 12.6. The number of hydrogen-bond acceptors (Lipinski definition) is 4. The molecule has 1 aromatic heterocycles. The van der Waals surface area contributed by atoms with Gasteiger partial charge in [-0.15, -0.1) is 0 Å². The van der Waals surface area contributed by atoms with Crippen molar-refractivity contribution < 1.29 is 9.53 Å². The predicted octanol–water partition coefficient (Wildman–Crippen LogP) is 2.54. The standard InChI is InChI=1S/C21H30N4O2/c1-15-18(16(2)24(3)23-15)13-21(26)22-14-19(25-11-7-8-12-25)17-9-5-6-10-20(17)27-4/h5-6,9-10,19H,7-8,11-14H2,1-4H3,(H,22,26)/t19-/m0/s1. The highest BCUT2D eigenvalue weighted by Gasteiger charge is 2.26. The monoisotopic (exact) mass is 370 g/mol. The van der Waals surface area contributed by atoms with Crippen molar-refractivity contribution in [2.75, 3.05) is 26.7 Å². The molecular formula is C21H30N4O2. The number of nitrogens with one attached hydrogen (secondary N) is 1. The van der Waals surface area contributed by atoms with E-state index in [2.05, 4.69) is 21.4 Å². The van der Waals surface area contributed by atoms with Crippen molar-refractivity contribution in [3.8, 4) is 5.75 Å². The highest BCUT2D eigenvalue weighted by atomic mass is 16.5. The summed E-state index contributed by atoms with van der Waals surface area (Å²) in [5.74, 6) is 0.913. The highest BCUT2D eigenvalue weighted by molar-refractivity contribution is 5.79. The number of carbonyl (C=O) groups excluding carboxylic acids is 1. The molecule has 0 saturated carbocycles. The Morgan fingerprint density at radius 2 is 1.96 bits per heavy atom. The first-order valence-electron chi connectivity index (χ1n) is 9.64. The number of aryl methyl sites for hydroxylation is 2. The van der Waals surface area contributed by atoms with Crippen molar-refractivity contribution in [1.29, 1.82) is 0 Å². The summed E-state index contributed by atoms with van der Waals surface area (Å²) in [6.45, 7) is 6.65. The molecule has 2 aromatic rings. The van der Waals surface area contributed by atoms with Gasteiger partial charge in [0.05, 0.1) is 25.3 Å². The Hall–Kier alpha value is -2.34. The van der Waals surface area contributed by atoms with Gasteiger partial charge in [0.1, 0.15) is 5.75 Å². The fourth-order valence-electron chi connectivity index (χ4n) is 3.94. The third kappa shape index (κ3) is 4.33. The molecule has 1 aliphatic rings. The number of methoxy groups -OCH3 is 1. The molecule has 3 rings (SSSR count). The maximum absolute atomic E-state index is 12.6. The van der Waals surface area contributed by atoms with Crippen molar-refractivity contribution in [2.45, 2.75) is 39.2 Å². The van der Waals surface area contributed by atoms with E-state index in [4.69, 9.17) is 4.74 Å². The Balaban J connectivity index is 1.72. The number of hydrogen-bond donors (Lipinski definition) is 1. The number of amides is 1. The Bertz CT molecular complexity index is 793. The number of para-hydroxylation sites is 1. The number of benzene rings is 1. The SMILES string of the molecule is COc1ccccc1[C@H](CNC(=O)Cc1c(C)nn(C)c1C)N1CCCC1. The third-order valence-corrected chi connectivity index (χ3v) is 5.57. The van der Waals surface area contributed by atoms with Crippen LogP contribution in [0.1, 0.15) is 41.4 Å². The molecule has 1 saturated heterocycles. The Morgan fingerprint density at radius 3 is 2.59 bits per heavy atom. The van der Waals surface area contributed by atoms with E-state index >= 15 is 0 Å². The second-order valence-corrected chi connectivity index (χ2v) is 7.25. The Kier molecular flexibility index (Phi) is 6.16. The molecule has 1 N–H and O–H groups in total. The molecule has 1 aliphatic heterocycles. The first-order chi connectivity index (χ1) is 13.0. The van der Waals surface area contributed by atoms with Gasteiger partial charge in [0.25, 0.3) is 0 Å². The minimum Gasteiger partial charge on any atom is -0.496 e. The normalized spacial score (nSPS) is 15.7. The van der Waals surface area contributed by atoms with Crippen LogP contribution in [0.25, 0.3) is 0 Å². The van der Waals surface area contributed by atoms with Gasteiger partial charge in [-0.25, -0.2) is 0 Å². The molecule has 6 nitrogen and oxygen atoms in total. The molecule has 0 unspecified atom stereocenters. The second-order valence-electron chi connectivity index (χ2n) is 7.25. The molecule has 1 fully saturated rings. The van der Waals surface area contributed by atoms with Gasteiger partial charge in [-0.05, 0) is 45.8 Å². The molecule has 0 spiro atoms. The smallest absolute Gasteiger partial charge is 0.224 e. The molecule has 6 heteroatoms. The van der Waals surface area contributed by atoms with Gasteiger partial charge >= 0.3 is 0 Å². The van der Waals surface area contributed by atoms with Crippen molar-refractivity contribution in [2.24, 2.45) is 7.05 Å². The van der Waals surface area contributed by atoms with E-state index in [1.54, 1.807) is 7.11 Å². The zero-order chi connectivity index (χ0) is 19.4. The number of likely N-dealkylation sites (tertiary alicyclic amines) is 1. The number of ether oxygens (including phenoxy) is 1. The average molecular weight is 370 g/mol. The number of rotatable bonds is 7. The lowest BCUT2D eigenvalue weighted by Gasteiger charge is -2.29. The van der Waals surface area contributed by atoms with Crippen molar-refractivity contribution in [3.05, 3.63) is 46.8 Å². The fourth-order valence-corrected chi connectivity index (χ4v) is 3.94. The van der Waals surface area contributed by atoms with Gasteiger partial charge < -0.3 is 10.1 Å². The molecule has 27 heavy (non-hydrogen) atoms. The molecule has 1 atom stereocenters. The van der Waals surface area contributed by atoms with Crippen LogP contribution in [0.5, 0.6) is 5.75 Å². The van der Waals surface area contributed by atoms with Gasteiger partial charge in [-0.2, -0.15) is 5.10 Å². The quantitative estimate of drug-likeness (QED) is 0.814. The van der Waals surface area contributed by atoms with Gasteiger partial charge in [-0.3, -0.25) is 14.4 Å². The van der Waals surface area contributed by atoms with Gasteiger partial charge in [0, 0.05) is 30.4 Å². The van der Waals surface area contributed by atoms with Crippen LogP contribution in [0.2, 0.25) is 0 Å². The zero-order valence-electron chi connectivity index (χ0n) is 16.8. The summed E-state index contributed by atoms with van der Waals surface area (Å²) in [5.41, 5.74) is 4.12. The average Bonchev–Trinajstić information content (AvgIpc) is 3.27. The third-order valence-electron chi connectivity index (χ3n) is 5.57. The summed E-state index contributed by atoms with van der Waals surface area (Å²) >= 11 is 0. The molecule has 0 radical (unpaired) electrons. The summed E-state index contributed by atoms with van der Waals surface area (Å²) in [5, 5.41) is 7.55. The van der Waals surface area contributed by atoms with Crippen LogP contribution in [0.3, 0.4) is 0 Å². The zero-order valence-corrected chi connectivity index (χ0v) is 16.8. The molecule has 1 aromatic carbocycles. The van der Waals surface area contributed by atoms with E-state index in [0.717, 1.165) is 41.4 Å². The molecular weight excluding hydrogens is 340 g/mol. The van der Waals surface area contributed by atoms with Crippen LogP contribution in [0, 0.1) is 13.8 Å². The second kappa shape index (κ2) is 8.57. The molecule has 146 valence electrons. The van der Waals surface area contributed by atoms with E-state index in [-0.39, 0.29) is 11.9 Å². The summed E-state index contributed by atoms with van der Waals surface area (Å²) in [4.78, 5) is 15.1. The first-order valence-corrected chi connectivity index (χ1v) is 9.64. The Labute approximate surface area is 161 Å². The minimum absolute atomic E-state index is 0.0355. The van der Waals surface area contributed by atoms with E-state index in [0.29, 0.717) is 13.0 Å². The molecule has 1 amide bonds. The first kappa shape index (κ1) is 19.4. The van der Waals surface area contributed by atoms with E-state index < -0.39 is 0 Å². The van der Waals surface area contributed by atoms with E-state index in [9.17, 15) is 4.79 Å². The van der Waals surface area contributed by atoms with Crippen LogP contribution in [0.4, 0.5) is 0 Å². The van der Waals surface area contributed by atoms with E-state index in [1.165, 1.54) is 12.8 Å². The molecule has 0 bridgehead atoms. The van der Waals surface area contributed by atoms with Crippen LogP contribution in [-0.2, 0) is 18.3 Å². The summed E-state index contributed by atoms with van der Waals surface area (Å²) in [6, 6.07) is 8.23. The van der Waals surface area contributed by atoms with Crippen molar-refractivity contribution in [3.63, 3.8) is 0 Å². The van der Waals surface area contributed by atoms with Crippen LogP contribution in [-0.4, -0.2) is 47.3 Å². The Morgan fingerprint density at radius 1 is 1.26 bits per heavy atom. The molecule has 2 heterocycles. The lowest BCUT2D eigenvalue weighted by molar-refractivity contribution is -0.120. The van der Waals surface area contributed by atoms with E-state index in [1.807, 2.05) is 43.8 Å². The van der Waals surface area contributed by atoms with Gasteiger partial charge in [0.2, 0.25) is 5.91 Å². The number of aromatic nitrogens is 2. The topological polar surface area (TPSA) is 59.4 Å². The van der Waals surface area contributed by atoms with Crippen LogP contribution >= 0.6 is 0 Å². The predicted molar refractivity (Wildman–Crippen MR) is 106 cm³/mol. The van der Waals surface area contributed by atoms with Crippen molar-refractivity contribution in [1.82, 2.24) is 20.0 Å². The fraction of sp³-hybridized carbons (Fsp3) is 0.524. The number of nitrogens with zero attached hydrogens (tertiary/aromatic N) is 3. The van der Waals surface area contributed by atoms with Gasteiger partial charge in [0.15, 0.2) is 0 Å². The van der Waals surface area contributed by atoms with Gasteiger partial charge in [-0.1, -0.05) is 18.2 Å². The number of carbonyl (C=O) groups is 1. The summed E-state index contributed by atoms with van der Waals surface area (Å²) in [7, 11) is 3.61. The highest BCUT2D eigenvalue weighted by Crippen LogP contribution is 2.31. The molecule has 0 aliphatic carbocycles. The lowest BCUT2D eigenvalue weighted by atomic mass is 10.0. The summed E-state index contributed by atoms with van der Waals surface area (Å²) < 4.78 is 7.41. The minimum atomic E-state index is 0.0355. The van der Waals surface area contributed by atoms with Crippen molar-refractivity contribution >= 4 is 5.91 Å². The largest absolute Gasteiger partial charge is 0.496 e.